The first kappa shape index (κ1) is 10.5. The van der Waals surface area contributed by atoms with Gasteiger partial charge in [-0.3, -0.25) is 4.68 Å². The van der Waals surface area contributed by atoms with Crippen molar-refractivity contribution in [2.75, 3.05) is 7.11 Å². The average Bonchev–Trinajstić information content (AvgIpc) is 2.58. The number of aliphatic hydroxyl groups excluding tert-OH is 1. The second-order valence-corrected chi connectivity index (χ2v) is 2.74. The zero-order valence-corrected chi connectivity index (χ0v) is 8.10. The van der Waals surface area contributed by atoms with Crippen molar-refractivity contribution >= 4 is 5.97 Å². The molecule has 1 aromatic heterocycles. The molecule has 0 amide bonds. The highest BCUT2D eigenvalue weighted by Crippen LogP contribution is 2.18. The molecule has 5 nitrogen and oxygen atoms in total. The second kappa shape index (κ2) is 4.06. The topological polar surface area (TPSA) is 64.3 Å². The van der Waals surface area contributed by atoms with Crippen LogP contribution in [0, 0.1) is 0 Å². The third kappa shape index (κ3) is 1.67. The molecule has 0 fully saturated rings. The fourth-order valence-electron chi connectivity index (χ4n) is 1.18. The summed E-state index contributed by atoms with van der Waals surface area (Å²) in [5.74, 6) is -0.519. The number of nitrogens with zero attached hydrogens (tertiary/aromatic N) is 2. The molecule has 0 aliphatic heterocycles. The van der Waals surface area contributed by atoms with E-state index in [1.807, 2.05) is 0 Å². The molecule has 1 atom stereocenters. The van der Waals surface area contributed by atoms with Crippen molar-refractivity contribution in [2.45, 2.75) is 6.10 Å². The zero-order chi connectivity index (χ0) is 10.7. The lowest BCUT2D eigenvalue weighted by atomic mass is 10.1. The van der Waals surface area contributed by atoms with E-state index in [9.17, 15) is 9.90 Å². The molecule has 0 radical (unpaired) electrons. The van der Waals surface area contributed by atoms with Crippen molar-refractivity contribution in [3.63, 3.8) is 0 Å². The van der Waals surface area contributed by atoms with Crippen molar-refractivity contribution in [1.29, 1.82) is 0 Å². The number of hydrogen-bond acceptors (Lipinski definition) is 4. The molecule has 0 bridgehead atoms. The number of ether oxygens (including phenoxy) is 1. The Morgan fingerprint density at radius 3 is 3.00 bits per heavy atom. The van der Waals surface area contributed by atoms with E-state index in [1.54, 1.807) is 7.05 Å². The first-order chi connectivity index (χ1) is 6.61. The maximum atomic E-state index is 11.2. The fourth-order valence-corrected chi connectivity index (χ4v) is 1.18. The molecule has 0 aromatic carbocycles. The van der Waals surface area contributed by atoms with Gasteiger partial charge in [-0.15, -0.1) is 6.58 Å². The van der Waals surface area contributed by atoms with Gasteiger partial charge in [0.25, 0.3) is 0 Å². The van der Waals surface area contributed by atoms with Crippen molar-refractivity contribution in [3.8, 4) is 0 Å². The monoisotopic (exact) mass is 196 g/mol. The Bertz CT molecular complexity index is 357. The van der Waals surface area contributed by atoms with Gasteiger partial charge in [0.05, 0.1) is 19.0 Å². The van der Waals surface area contributed by atoms with Crippen molar-refractivity contribution in [3.05, 3.63) is 30.1 Å². The van der Waals surface area contributed by atoms with E-state index >= 15 is 0 Å². The Kier molecular flexibility index (Phi) is 3.03. The number of esters is 1. The van der Waals surface area contributed by atoms with Crippen LogP contribution in [-0.4, -0.2) is 28.0 Å². The van der Waals surface area contributed by atoms with E-state index in [0.29, 0.717) is 5.69 Å². The standard InChI is InChI=1S/C9H12N2O3/c1-4-7(12)8-6(9(13)14-3)5-10-11(8)2/h4-5,7,12H,1H2,2-3H3. The number of carbonyl (C=O) groups excluding carboxylic acids is 1. The van der Waals surface area contributed by atoms with Crippen LogP contribution in [0.1, 0.15) is 22.2 Å². The molecular weight excluding hydrogens is 184 g/mol. The third-order valence-electron chi connectivity index (χ3n) is 1.89. The molecule has 1 rings (SSSR count). The van der Waals surface area contributed by atoms with Crippen LogP contribution in [0.4, 0.5) is 0 Å². The summed E-state index contributed by atoms with van der Waals surface area (Å²) in [5.41, 5.74) is 0.634. The van der Waals surface area contributed by atoms with Gasteiger partial charge in [0.1, 0.15) is 11.7 Å². The van der Waals surface area contributed by atoms with Gasteiger partial charge in [0.2, 0.25) is 0 Å². The first-order valence-electron chi connectivity index (χ1n) is 4.02. The minimum atomic E-state index is -0.920. The van der Waals surface area contributed by atoms with Crippen LogP contribution in [0.5, 0.6) is 0 Å². The minimum Gasteiger partial charge on any atom is -0.465 e. The van der Waals surface area contributed by atoms with E-state index in [4.69, 9.17) is 0 Å². The molecule has 0 saturated heterocycles. The van der Waals surface area contributed by atoms with Gasteiger partial charge in [-0.05, 0) is 0 Å². The third-order valence-corrected chi connectivity index (χ3v) is 1.89. The predicted molar refractivity (Wildman–Crippen MR) is 49.7 cm³/mol. The first-order valence-corrected chi connectivity index (χ1v) is 4.02. The van der Waals surface area contributed by atoms with E-state index in [1.165, 1.54) is 24.1 Å². The number of aryl methyl sites for hydroxylation is 1. The maximum Gasteiger partial charge on any atom is 0.341 e. The Morgan fingerprint density at radius 2 is 2.50 bits per heavy atom. The lowest BCUT2D eigenvalue weighted by Gasteiger charge is -2.07. The lowest BCUT2D eigenvalue weighted by molar-refractivity contribution is 0.0595. The van der Waals surface area contributed by atoms with E-state index in [2.05, 4.69) is 16.4 Å². The number of methoxy groups -OCH3 is 1. The van der Waals surface area contributed by atoms with Crippen LogP contribution < -0.4 is 0 Å². The maximum absolute atomic E-state index is 11.2. The summed E-state index contributed by atoms with van der Waals surface area (Å²) in [6, 6.07) is 0. The van der Waals surface area contributed by atoms with E-state index in [0.717, 1.165) is 0 Å². The zero-order valence-electron chi connectivity index (χ0n) is 8.10. The van der Waals surface area contributed by atoms with Crippen LogP contribution in [0.15, 0.2) is 18.9 Å². The summed E-state index contributed by atoms with van der Waals surface area (Å²) in [6.07, 6.45) is 1.76. The minimum absolute atomic E-state index is 0.252. The highest BCUT2D eigenvalue weighted by atomic mass is 16.5. The van der Waals surface area contributed by atoms with Crippen LogP contribution in [0.3, 0.4) is 0 Å². The van der Waals surface area contributed by atoms with Crippen molar-refractivity contribution in [1.82, 2.24) is 9.78 Å². The molecule has 1 heterocycles. The highest BCUT2D eigenvalue weighted by Gasteiger charge is 2.20. The summed E-state index contributed by atoms with van der Waals surface area (Å²) in [6.45, 7) is 3.44. The number of hydrogen-bond donors (Lipinski definition) is 1. The molecule has 1 N–H and O–H groups in total. The molecule has 5 heteroatoms. The van der Waals surface area contributed by atoms with Gasteiger partial charge in [0.15, 0.2) is 0 Å². The lowest BCUT2D eigenvalue weighted by Crippen LogP contribution is -2.10. The Hall–Kier alpha value is -1.62. The number of rotatable bonds is 3. The van der Waals surface area contributed by atoms with Gasteiger partial charge in [-0.25, -0.2) is 4.79 Å². The Balaban J connectivity index is 3.18. The quantitative estimate of drug-likeness (QED) is 0.562. The molecular formula is C9H12N2O3. The summed E-state index contributed by atoms with van der Waals surface area (Å²) in [5, 5.41) is 13.4. The van der Waals surface area contributed by atoms with E-state index in [-0.39, 0.29) is 5.56 Å². The van der Waals surface area contributed by atoms with Gasteiger partial charge < -0.3 is 9.84 Å². The molecule has 0 aliphatic rings. The molecule has 14 heavy (non-hydrogen) atoms. The number of carbonyl (C=O) groups is 1. The normalized spacial score (nSPS) is 12.2. The highest BCUT2D eigenvalue weighted by molar-refractivity contribution is 5.90. The van der Waals surface area contributed by atoms with Gasteiger partial charge in [0, 0.05) is 7.05 Å². The average molecular weight is 196 g/mol. The van der Waals surface area contributed by atoms with Crippen LogP contribution in [-0.2, 0) is 11.8 Å². The molecule has 1 unspecified atom stereocenters. The summed E-state index contributed by atoms with van der Waals surface area (Å²) in [7, 11) is 2.91. The molecule has 0 saturated carbocycles. The van der Waals surface area contributed by atoms with Crippen LogP contribution >= 0.6 is 0 Å². The fraction of sp³-hybridized carbons (Fsp3) is 0.333. The smallest absolute Gasteiger partial charge is 0.341 e. The van der Waals surface area contributed by atoms with Gasteiger partial charge in [-0.2, -0.15) is 5.10 Å². The van der Waals surface area contributed by atoms with Crippen molar-refractivity contribution in [2.24, 2.45) is 7.05 Å². The Labute approximate surface area is 81.6 Å². The van der Waals surface area contributed by atoms with Gasteiger partial charge >= 0.3 is 5.97 Å². The van der Waals surface area contributed by atoms with Crippen LogP contribution in [0.25, 0.3) is 0 Å². The van der Waals surface area contributed by atoms with E-state index < -0.39 is 12.1 Å². The van der Waals surface area contributed by atoms with Gasteiger partial charge in [-0.1, -0.05) is 6.08 Å². The molecule has 0 spiro atoms. The molecule has 76 valence electrons. The summed E-state index contributed by atoms with van der Waals surface area (Å²) >= 11 is 0. The number of aromatic nitrogens is 2. The molecule has 1 aromatic rings. The Morgan fingerprint density at radius 1 is 1.86 bits per heavy atom. The molecule has 0 aliphatic carbocycles. The SMILES string of the molecule is C=CC(O)c1c(C(=O)OC)cnn1C. The predicted octanol–water partition coefficient (Wildman–Crippen LogP) is 0.426. The summed E-state index contributed by atoms with van der Waals surface area (Å²) < 4.78 is 5.96. The summed E-state index contributed by atoms with van der Waals surface area (Å²) in [4.78, 5) is 11.2. The largest absolute Gasteiger partial charge is 0.465 e. The second-order valence-electron chi connectivity index (χ2n) is 2.74. The number of aliphatic hydroxyl groups is 1. The van der Waals surface area contributed by atoms with Crippen LogP contribution in [0.2, 0.25) is 0 Å². The van der Waals surface area contributed by atoms with Crippen molar-refractivity contribution < 1.29 is 14.6 Å².